The Balaban J connectivity index is 1.58. The first-order chi connectivity index (χ1) is 12.8. The zero-order valence-corrected chi connectivity index (χ0v) is 15.8. The summed E-state index contributed by atoms with van der Waals surface area (Å²) in [4.78, 5) is 16.6. The van der Waals surface area contributed by atoms with Crippen molar-refractivity contribution in [1.29, 1.82) is 0 Å². The Morgan fingerprint density at radius 3 is 2.81 bits per heavy atom. The molecule has 0 radical (unpaired) electrons. The predicted molar refractivity (Wildman–Crippen MR) is 99.2 cm³/mol. The maximum atomic E-state index is 12.3. The zero-order valence-electron chi connectivity index (χ0n) is 14.2. The van der Waals surface area contributed by atoms with Crippen LogP contribution in [0.5, 0.6) is 5.88 Å². The molecule has 0 bridgehead atoms. The van der Waals surface area contributed by atoms with Gasteiger partial charge in [-0.25, -0.2) is 18.2 Å². The van der Waals surface area contributed by atoms with Gasteiger partial charge < -0.3 is 4.74 Å². The minimum absolute atomic E-state index is 0.0933. The van der Waals surface area contributed by atoms with E-state index in [0.29, 0.717) is 17.3 Å². The summed E-state index contributed by atoms with van der Waals surface area (Å²) < 4.78 is 30.0. The molecule has 3 aromatic rings. The molecule has 27 heavy (non-hydrogen) atoms. The maximum Gasteiger partial charge on any atom is 0.418 e. The molecule has 0 saturated heterocycles. The lowest BCUT2D eigenvalue weighted by molar-refractivity contribution is 0.212. The molecule has 0 atom stereocenters. The van der Waals surface area contributed by atoms with Crippen LogP contribution < -0.4 is 10.1 Å². The molecule has 1 saturated carbocycles. The van der Waals surface area contributed by atoms with Crippen LogP contribution in [-0.4, -0.2) is 35.4 Å². The highest BCUT2D eigenvalue weighted by Crippen LogP contribution is 2.42. The van der Waals surface area contributed by atoms with E-state index in [9.17, 15) is 13.2 Å². The van der Waals surface area contributed by atoms with E-state index in [1.165, 1.54) is 28.8 Å². The Morgan fingerprint density at radius 2 is 2.11 bits per heavy atom. The number of carbonyl (C=O) groups excluding carboxylic acids is 1. The highest BCUT2D eigenvalue weighted by molar-refractivity contribution is 7.90. The molecular weight excluding hydrogens is 392 g/mol. The van der Waals surface area contributed by atoms with Gasteiger partial charge in [0.1, 0.15) is 5.15 Å². The third-order valence-electron chi connectivity index (χ3n) is 4.16. The second-order valence-corrected chi connectivity index (χ2v) is 8.74. The fourth-order valence-corrected chi connectivity index (χ4v) is 3.56. The summed E-state index contributed by atoms with van der Waals surface area (Å²) in [6.45, 7) is 0. The number of benzene rings is 1. The second-order valence-electron chi connectivity index (χ2n) is 6.34. The molecular formula is C17H15ClN4O4S. The van der Waals surface area contributed by atoms with Crippen molar-refractivity contribution in [3.63, 3.8) is 0 Å². The maximum absolute atomic E-state index is 12.3. The molecule has 1 N–H and O–H groups in total. The van der Waals surface area contributed by atoms with E-state index < -0.39 is 15.9 Å². The van der Waals surface area contributed by atoms with Gasteiger partial charge in [0, 0.05) is 23.6 Å². The fraction of sp³-hybridized carbons (Fsp3) is 0.235. The number of ether oxygens (including phenoxy) is 1. The van der Waals surface area contributed by atoms with Crippen molar-refractivity contribution in [2.75, 3.05) is 11.6 Å². The van der Waals surface area contributed by atoms with Crippen LogP contribution in [0.3, 0.4) is 0 Å². The monoisotopic (exact) mass is 406 g/mol. The van der Waals surface area contributed by atoms with Crippen molar-refractivity contribution in [3.05, 3.63) is 47.2 Å². The normalized spacial score (nSPS) is 14.3. The number of nitrogens with one attached hydrogen (secondary N) is 1. The summed E-state index contributed by atoms with van der Waals surface area (Å²) in [6, 6.07) is 7.28. The SMILES string of the molecule is CS(=O)(=O)c1cccc(NC(=O)Oc2cc(Cl)nc3c(C4CC4)cnn23)c1. The van der Waals surface area contributed by atoms with Gasteiger partial charge in [0.05, 0.1) is 11.1 Å². The van der Waals surface area contributed by atoms with E-state index in [2.05, 4.69) is 15.4 Å². The molecule has 0 aliphatic heterocycles. The van der Waals surface area contributed by atoms with Crippen LogP contribution in [-0.2, 0) is 9.84 Å². The first kappa shape index (κ1) is 17.7. The molecule has 1 fully saturated rings. The van der Waals surface area contributed by atoms with E-state index in [1.54, 1.807) is 12.3 Å². The van der Waals surface area contributed by atoms with Crippen LogP contribution in [0, 0.1) is 0 Å². The van der Waals surface area contributed by atoms with Crippen molar-refractivity contribution in [2.24, 2.45) is 0 Å². The number of fused-ring (bicyclic) bond motifs is 1. The Kier molecular flexibility index (Phi) is 4.27. The number of aromatic nitrogens is 3. The molecule has 0 unspecified atom stereocenters. The highest BCUT2D eigenvalue weighted by Gasteiger charge is 2.28. The Labute approximate surface area is 160 Å². The summed E-state index contributed by atoms with van der Waals surface area (Å²) in [7, 11) is -3.39. The number of sulfone groups is 1. The second kappa shape index (κ2) is 6.50. The van der Waals surface area contributed by atoms with Gasteiger partial charge in [-0.2, -0.15) is 9.61 Å². The first-order valence-electron chi connectivity index (χ1n) is 8.14. The number of nitrogens with zero attached hydrogens (tertiary/aromatic N) is 3. The van der Waals surface area contributed by atoms with Crippen molar-refractivity contribution < 1.29 is 17.9 Å². The van der Waals surface area contributed by atoms with Crippen LogP contribution >= 0.6 is 11.6 Å². The molecule has 4 rings (SSSR count). The molecule has 1 aliphatic rings. The average molecular weight is 407 g/mol. The number of rotatable bonds is 4. The number of halogens is 1. The van der Waals surface area contributed by atoms with Gasteiger partial charge >= 0.3 is 6.09 Å². The van der Waals surface area contributed by atoms with Crippen LogP contribution in [0.1, 0.15) is 24.3 Å². The molecule has 8 nitrogen and oxygen atoms in total. The van der Waals surface area contributed by atoms with Gasteiger partial charge in [-0.1, -0.05) is 17.7 Å². The van der Waals surface area contributed by atoms with Gasteiger partial charge in [0.15, 0.2) is 15.5 Å². The van der Waals surface area contributed by atoms with Crippen LogP contribution in [0.15, 0.2) is 41.4 Å². The number of hydrogen-bond acceptors (Lipinski definition) is 6. The summed E-state index contributed by atoms with van der Waals surface area (Å²) in [5.41, 5.74) is 1.83. The van der Waals surface area contributed by atoms with E-state index >= 15 is 0 Å². The number of anilines is 1. The standard InChI is InChI=1S/C17H15ClN4O4S/c1-27(24,25)12-4-2-3-11(7-12)20-17(23)26-15-8-14(18)21-16-13(10-5-6-10)9-19-22(15)16/h2-4,7-10H,5-6H2,1H3,(H,20,23). The number of amides is 1. The summed E-state index contributed by atoms with van der Waals surface area (Å²) in [5, 5.41) is 6.92. The number of hydrogen-bond donors (Lipinski definition) is 1. The van der Waals surface area contributed by atoms with Gasteiger partial charge in [0.25, 0.3) is 0 Å². The van der Waals surface area contributed by atoms with Crippen LogP contribution in [0.2, 0.25) is 5.15 Å². The topological polar surface area (TPSA) is 103 Å². The molecule has 1 amide bonds. The molecule has 0 spiro atoms. The fourth-order valence-electron chi connectivity index (χ4n) is 2.72. The smallest absolute Gasteiger partial charge is 0.391 e. The zero-order chi connectivity index (χ0) is 19.2. The Morgan fingerprint density at radius 1 is 1.33 bits per heavy atom. The molecule has 10 heteroatoms. The minimum atomic E-state index is -3.39. The summed E-state index contributed by atoms with van der Waals surface area (Å²) >= 11 is 6.06. The lowest BCUT2D eigenvalue weighted by Gasteiger charge is -2.09. The van der Waals surface area contributed by atoms with E-state index in [4.69, 9.17) is 16.3 Å². The van der Waals surface area contributed by atoms with Crippen molar-refractivity contribution in [2.45, 2.75) is 23.7 Å². The van der Waals surface area contributed by atoms with Crippen molar-refractivity contribution in [1.82, 2.24) is 14.6 Å². The van der Waals surface area contributed by atoms with Crippen molar-refractivity contribution in [3.8, 4) is 5.88 Å². The number of carbonyl (C=O) groups is 1. The summed E-state index contributed by atoms with van der Waals surface area (Å²) in [5.74, 6) is 0.530. The average Bonchev–Trinajstić information content (AvgIpc) is 3.34. The van der Waals surface area contributed by atoms with E-state index in [-0.39, 0.29) is 15.9 Å². The van der Waals surface area contributed by atoms with E-state index in [0.717, 1.165) is 24.7 Å². The van der Waals surface area contributed by atoms with Crippen LogP contribution in [0.4, 0.5) is 10.5 Å². The van der Waals surface area contributed by atoms with Crippen molar-refractivity contribution >= 4 is 38.9 Å². The third kappa shape index (κ3) is 3.74. The third-order valence-corrected chi connectivity index (χ3v) is 5.46. The molecule has 2 aromatic heterocycles. The molecule has 1 aliphatic carbocycles. The lowest BCUT2D eigenvalue weighted by Crippen LogP contribution is -2.18. The minimum Gasteiger partial charge on any atom is -0.391 e. The van der Waals surface area contributed by atoms with Crippen LogP contribution in [0.25, 0.3) is 5.65 Å². The van der Waals surface area contributed by atoms with Gasteiger partial charge in [-0.3, -0.25) is 5.32 Å². The quantitative estimate of drug-likeness (QED) is 0.667. The van der Waals surface area contributed by atoms with E-state index in [1.807, 2.05) is 0 Å². The largest absolute Gasteiger partial charge is 0.418 e. The van der Waals surface area contributed by atoms with Gasteiger partial charge in [-0.05, 0) is 37.0 Å². The lowest BCUT2D eigenvalue weighted by atomic mass is 10.2. The predicted octanol–water partition coefficient (Wildman–Crippen LogP) is 3.27. The Bertz CT molecular complexity index is 1150. The molecule has 140 valence electrons. The van der Waals surface area contributed by atoms with Gasteiger partial charge in [-0.15, -0.1) is 0 Å². The first-order valence-corrected chi connectivity index (χ1v) is 10.4. The highest BCUT2D eigenvalue weighted by atomic mass is 35.5. The molecule has 2 heterocycles. The summed E-state index contributed by atoms with van der Waals surface area (Å²) in [6.07, 6.45) is 4.14. The van der Waals surface area contributed by atoms with Gasteiger partial charge in [0.2, 0.25) is 5.88 Å². The Hall–Kier alpha value is -2.65. The molecule has 1 aromatic carbocycles.